The first-order valence-electron chi connectivity index (χ1n) is 6.13. The average molecular weight is 292 g/mol. The summed E-state index contributed by atoms with van der Waals surface area (Å²) in [4.78, 5) is 0.203. The summed E-state index contributed by atoms with van der Waals surface area (Å²) >= 11 is 0. The van der Waals surface area contributed by atoms with Gasteiger partial charge in [0.15, 0.2) is 9.84 Å². The summed E-state index contributed by atoms with van der Waals surface area (Å²) in [5.41, 5.74) is 0.467. The number of hydrogen-bond donors (Lipinski definition) is 1. The molecule has 0 radical (unpaired) electrons. The topological polar surface area (TPSA) is 63.6 Å². The highest BCUT2D eigenvalue weighted by atomic mass is 32.2. The fraction of sp³-hybridized carbons (Fsp3) is 0.200. The third-order valence-corrected chi connectivity index (χ3v) is 4.72. The fourth-order valence-electron chi connectivity index (χ4n) is 1.96. The van der Waals surface area contributed by atoms with Crippen molar-refractivity contribution in [2.75, 3.05) is 12.9 Å². The van der Waals surface area contributed by atoms with Gasteiger partial charge >= 0.3 is 0 Å². The molecule has 0 aliphatic heterocycles. The van der Waals surface area contributed by atoms with Gasteiger partial charge in [0.25, 0.3) is 0 Å². The summed E-state index contributed by atoms with van der Waals surface area (Å²) in [6.45, 7) is 0. The Morgan fingerprint density at radius 3 is 2.30 bits per heavy atom. The number of para-hydroxylation sites is 1. The molecule has 0 fully saturated rings. The lowest BCUT2D eigenvalue weighted by Gasteiger charge is -2.14. The molecule has 4 nitrogen and oxygen atoms in total. The maximum atomic E-state index is 12.2. The monoisotopic (exact) mass is 292 g/mol. The van der Waals surface area contributed by atoms with Gasteiger partial charge in [-0.1, -0.05) is 36.4 Å². The summed E-state index contributed by atoms with van der Waals surface area (Å²) in [6.07, 6.45) is -1.13. The van der Waals surface area contributed by atoms with Crippen LogP contribution in [0.2, 0.25) is 0 Å². The van der Waals surface area contributed by atoms with E-state index >= 15 is 0 Å². The zero-order valence-electron chi connectivity index (χ0n) is 11.1. The third kappa shape index (κ3) is 3.18. The third-order valence-electron chi connectivity index (χ3n) is 2.98. The molecule has 0 spiro atoms. The van der Waals surface area contributed by atoms with Crippen molar-refractivity contribution in [3.8, 4) is 5.75 Å². The number of hydrogen-bond acceptors (Lipinski definition) is 4. The number of rotatable bonds is 5. The van der Waals surface area contributed by atoms with E-state index in [0.717, 1.165) is 0 Å². The molecule has 0 aliphatic rings. The highest BCUT2D eigenvalue weighted by Crippen LogP contribution is 2.27. The summed E-state index contributed by atoms with van der Waals surface area (Å²) in [5.74, 6) is 0.0976. The number of ether oxygens (including phenoxy) is 1. The maximum absolute atomic E-state index is 12.2. The minimum absolute atomic E-state index is 0.203. The molecule has 0 aromatic heterocycles. The average Bonchev–Trinajstić information content (AvgIpc) is 2.47. The Balaban J connectivity index is 2.26. The summed E-state index contributed by atoms with van der Waals surface area (Å²) in [7, 11) is -2.05. The second-order valence-electron chi connectivity index (χ2n) is 4.35. The zero-order chi connectivity index (χ0) is 14.6. The Bertz CT molecular complexity index is 665. The predicted molar refractivity (Wildman–Crippen MR) is 76.4 cm³/mol. The number of aliphatic hydroxyl groups excluding tert-OH is 1. The lowest BCUT2D eigenvalue weighted by atomic mass is 10.1. The minimum Gasteiger partial charge on any atom is -0.496 e. The zero-order valence-corrected chi connectivity index (χ0v) is 11.9. The van der Waals surface area contributed by atoms with E-state index in [2.05, 4.69) is 0 Å². The van der Waals surface area contributed by atoms with Crippen LogP contribution in [0.3, 0.4) is 0 Å². The van der Waals surface area contributed by atoms with Crippen molar-refractivity contribution >= 4 is 9.84 Å². The van der Waals surface area contributed by atoms with Crippen LogP contribution in [0.5, 0.6) is 5.75 Å². The van der Waals surface area contributed by atoms with Gasteiger partial charge in [-0.25, -0.2) is 8.42 Å². The van der Waals surface area contributed by atoms with Crippen molar-refractivity contribution in [2.45, 2.75) is 11.0 Å². The first-order valence-corrected chi connectivity index (χ1v) is 7.78. The van der Waals surface area contributed by atoms with Gasteiger partial charge in [-0.2, -0.15) is 0 Å². The smallest absolute Gasteiger partial charge is 0.181 e. The van der Waals surface area contributed by atoms with E-state index in [1.54, 1.807) is 42.5 Å². The molecule has 2 rings (SSSR count). The molecule has 2 aromatic carbocycles. The largest absolute Gasteiger partial charge is 0.496 e. The van der Waals surface area contributed by atoms with Crippen LogP contribution in [0.1, 0.15) is 11.7 Å². The van der Waals surface area contributed by atoms with Crippen LogP contribution in [0.15, 0.2) is 59.5 Å². The van der Waals surface area contributed by atoms with Gasteiger partial charge in [0.2, 0.25) is 0 Å². The molecule has 0 bridgehead atoms. The van der Waals surface area contributed by atoms with Gasteiger partial charge in [0, 0.05) is 5.56 Å². The van der Waals surface area contributed by atoms with Crippen LogP contribution in [-0.2, 0) is 9.84 Å². The number of methoxy groups -OCH3 is 1. The Labute approximate surface area is 118 Å². The van der Waals surface area contributed by atoms with E-state index in [0.29, 0.717) is 11.3 Å². The van der Waals surface area contributed by atoms with Gasteiger partial charge in [0.05, 0.1) is 23.9 Å². The highest BCUT2D eigenvalue weighted by Gasteiger charge is 2.22. The van der Waals surface area contributed by atoms with E-state index in [4.69, 9.17) is 4.74 Å². The van der Waals surface area contributed by atoms with Crippen LogP contribution in [0, 0.1) is 0 Å². The normalized spacial score (nSPS) is 12.9. The maximum Gasteiger partial charge on any atom is 0.181 e. The minimum atomic E-state index is -3.54. The Kier molecular flexibility index (Phi) is 4.42. The molecule has 1 N–H and O–H groups in total. The SMILES string of the molecule is COc1ccccc1[C@H](O)CS(=O)(=O)c1ccccc1. The van der Waals surface area contributed by atoms with Gasteiger partial charge in [-0.3, -0.25) is 0 Å². The van der Waals surface area contributed by atoms with Crippen LogP contribution < -0.4 is 4.74 Å². The molecule has 20 heavy (non-hydrogen) atoms. The molecule has 5 heteroatoms. The van der Waals surface area contributed by atoms with E-state index in [-0.39, 0.29) is 10.6 Å². The fourth-order valence-corrected chi connectivity index (χ4v) is 3.32. The van der Waals surface area contributed by atoms with E-state index < -0.39 is 15.9 Å². The van der Waals surface area contributed by atoms with Gasteiger partial charge in [-0.05, 0) is 18.2 Å². The van der Waals surface area contributed by atoms with Crippen LogP contribution in [0.4, 0.5) is 0 Å². The van der Waals surface area contributed by atoms with Crippen molar-refractivity contribution in [1.29, 1.82) is 0 Å². The number of aliphatic hydroxyl groups is 1. The standard InChI is InChI=1S/C15H16O4S/c1-19-15-10-6-5-9-13(15)14(16)11-20(17,18)12-7-3-2-4-8-12/h2-10,14,16H,11H2,1H3/t14-/m1/s1. The molecule has 0 saturated carbocycles. The lowest BCUT2D eigenvalue weighted by molar-refractivity contribution is 0.196. The summed E-state index contributed by atoms with van der Waals surface area (Å²) in [6, 6.07) is 14.9. The Morgan fingerprint density at radius 1 is 1.05 bits per heavy atom. The summed E-state index contributed by atoms with van der Waals surface area (Å²) < 4.78 is 29.6. The van der Waals surface area contributed by atoms with E-state index in [9.17, 15) is 13.5 Å². The molecular weight excluding hydrogens is 276 g/mol. The molecule has 0 heterocycles. The van der Waals surface area contributed by atoms with Crippen LogP contribution in [-0.4, -0.2) is 26.4 Å². The predicted octanol–water partition coefficient (Wildman–Crippen LogP) is 2.20. The lowest BCUT2D eigenvalue weighted by Crippen LogP contribution is -2.15. The second-order valence-corrected chi connectivity index (χ2v) is 6.39. The van der Waals surface area contributed by atoms with E-state index in [1.807, 2.05) is 0 Å². The molecular formula is C15H16O4S. The molecule has 106 valence electrons. The summed E-state index contributed by atoms with van der Waals surface area (Å²) in [5, 5.41) is 10.2. The first kappa shape index (κ1) is 14.6. The molecule has 0 unspecified atom stereocenters. The Morgan fingerprint density at radius 2 is 1.65 bits per heavy atom. The van der Waals surface area contributed by atoms with Crippen molar-refractivity contribution in [3.05, 3.63) is 60.2 Å². The highest BCUT2D eigenvalue weighted by molar-refractivity contribution is 7.91. The second kappa shape index (κ2) is 6.07. The molecule has 1 atom stereocenters. The molecule has 0 saturated heterocycles. The molecule has 2 aromatic rings. The first-order chi connectivity index (χ1) is 9.54. The van der Waals surface area contributed by atoms with Gasteiger partial charge in [0.1, 0.15) is 5.75 Å². The quantitative estimate of drug-likeness (QED) is 0.917. The number of sulfone groups is 1. The van der Waals surface area contributed by atoms with Crippen molar-refractivity contribution in [1.82, 2.24) is 0 Å². The molecule has 0 amide bonds. The van der Waals surface area contributed by atoms with Crippen molar-refractivity contribution in [2.24, 2.45) is 0 Å². The van der Waals surface area contributed by atoms with Crippen molar-refractivity contribution in [3.63, 3.8) is 0 Å². The van der Waals surface area contributed by atoms with Crippen LogP contribution in [0.25, 0.3) is 0 Å². The van der Waals surface area contributed by atoms with E-state index in [1.165, 1.54) is 19.2 Å². The molecule has 0 aliphatic carbocycles. The van der Waals surface area contributed by atoms with Gasteiger partial charge < -0.3 is 9.84 Å². The van der Waals surface area contributed by atoms with Crippen molar-refractivity contribution < 1.29 is 18.3 Å². The Hall–Kier alpha value is -1.85. The number of benzene rings is 2. The van der Waals surface area contributed by atoms with Crippen LogP contribution >= 0.6 is 0 Å². The van der Waals surface area contributed by atoms with Gasteiger partial charge in [-0.15, -0.1) is 0 Å².